The highest BCUT2D eigenvalue weighted by molar-refractivity contribution is 14.1. The summed E-state index contributed by atoms with van der Waals surface area (Å²) in [5.41, 5.74) is 3.89. The standard InChI is InChI=1S/C37H31N3O4.C33H23N3O4.C4H9I/c1-2-3-24-42-32-22-23-33(34(41)25-32)37-39-35(26-14-18-30(19-15-26)43-28-10-6-4-7-11-28)38-36(40-37)27-16-20-31(21-17-27)44-29-12-8-5-9-13-29;37-24-15-20-29(30(38)21-24)33-35-31(22-11-16-27(17-12-22)39-25-7-3-1-4-8-25)34-32(36-33)23-13-18-28(19-14-23)40-26-9-5-2-6-10-26;1-2-3-4-5/h4-23,25,41H,2-3,24H2,1H3;1-21,37-38H;2-4H2,1H3. The molecule has 10 aromatic carbocycles. The molecule has 2 heterocycles. The van der Waals surface area contributed by atoms with Gasteiger partial charge in [0, 0.05) is 34.4 Å². The van der Waals surface area contributed by atoms with Crippen LogP contribution >= 0.6 is 22.6 Å². The van der Waals surface area contributed by atoms with Crippen LogP contribution in [0.15, 0.2) is 255 Å². The summed E-state index contributed by atoms with van der Waals surface area (Å²) in [7, 11) is 0. The van der Waals surface area contributed by atoms with Gasteiger partial charge < -0.3 is 39.0 Å². The molecule has 2 aromatic heterocycles. The van der Waals surface area contributed by atoms with E-state index in [2.05, 4.69) is 46.4 Å². The van der Waals surface area contributed by atoms with E-state index < -0.39 is 0 Å². The molecular formula is C74H63IN6O8. The fourth-order valence-electron chi connectivity index (χ4n) is 8.66. The molecule has 15 heteroatoms. The largest absolute Gasteiger partial charge is 0.508 e. The van der Waals surface area contributed by atoms with Gasteiger partial charge in [0.15, 0.2) is 34.9 Å². The molecule has 12 aromatic rings. The molecule has 12 rings (SSSR count). The van der Waals surface area contributed by atoms with E-state index in [0.29, 0.717) is 75.6 Å². The number of aromatic nitrogens is 6. The molecule has 0 fully saturated rings. The molecule has 0 amide bonds. The number of phenolic OH excluding ortho intramolecular Hbond substituents is 3. The first kappa shape index (κ1) is 61.4. The molecule has 0 saturated carbocycles. The summed E-state index contributed by atoms with van der Waals surface area (Å²) < 4.78 is 30.8. The lowest BCUT2D eigenvalue weighted by atomic mass is 10.1. The SMILES string of the molecule is CCCCI.CCCCOc1ccc(-c2nc(-c3ccc(Oc4ccccc4)cc3)nc(-c3ccc(Oc4ccccc4)cc3)n2)c(O)c1.Oc1ccc(-c2nc(-c3ccc(Oc4ccccc4)cc3)nc(-c3ccc(Oc4ccccc4)cc3)n2)c(O)c1. The Labute approximate surface area is 531 Å². The van der Waals surface area contributed by atoms with E-state index >= 15 is 0 Å². The van der Waals surface area contributed by atoms with Crippen LogP contribution in [0.1, 0.15) is 39.5 Å². The summed E-state index contributed by atoms with van der Waals surface area (Å²) in [6.45, 7) is 4.90. The minimum atomic E-state index is -0.138. The van der Waals surface area contributed by atoms with Crippen LogP contribution in [0.4, 0.5) is 0 Å². The molecule has 444 valence electrons. The van der Waals surface area contributed by atoms with Crippen molar-refractivity contribution < 1.29 is 39.0 Å². The van der Waals surface area contributed by atoms with Crippen molar-refractivity contribution >= 4 is 22.6 Å². The molecule has 0 atom stereocenters. The summed E-state index contributed by atoms with van der Waals surface area (Å²) in [4.78, 5) is 28.4. The maximum absolute atomic E-state index is 11.0. The van der Waals surface area contributed by atoms with E-state index in [1.165, 1.54) is 29.4 Å². The van der Waals surface area contributed by atoms with Gasteiger partial charge in [0.05, 0.1) is 17.7 Å². The highest BCUT2D eigenvalue weighted by Crippen LogP contribution is 2.37. The van der Waals surface area contributed by atoms with Crippen molar-refractivity contribution in [1.82, 2.24) is 29.9 Å². The van der Waals surface area contributed by atoms with Crippen LogP contribution in [-0.4, -0.2) is 56.3 Å². The molecule has 14 nitrogen and oxygen atoms in total. The zero-order valence-electron chi connectivity index (χ0n) is 48.9. The number of unbranched alkanes of at least 4 members (excludes halogenated alkanes) is 2. The van der Waals surface area contributed by atoms with Gasteiger partial charge in [-0.15, -0.1) is 0 Å². The fourth-order valence-corrected chi connectivity index (χ4v) is 9.43. The third-order valence-electron chi connectivity index (χ3n) is 13.3. The molecule has 0 radical (unpaired) electrons. The normalized spacial score (nSPS) is 10.6. The number of hydrogen-bond donors (Lipinski definition) is 3. The van der Waals surface area contributed by atoms with E-state index in [-0.39, 0.29) is 23.1 Å². The Morgan fingerprint density at radius 3 is 0.865 bits per heavy atom. The van der Waals surface area contributed by atoms with E-state index in [1.54, 1.807) is 18.2 Å². The summed E-state index contributed by atoms with van der Waals surface area (Å²) >= 11 is 2.39. The zero-order chi connectivity index (χ0) is 61.6. The summed E-state index contributed by atoms with van der Waals surface area (Å²) in [6, 6.07) is 77.8. The van der Waals surface area contributed by atoms with Gasteiger partial charge in [-0.2, -0.15) is 0 Å². The lowest BCUT2D eigenvalue weighted by molar-refractivity contribution is 0.307. The Hall–Kier alpha value is -10.7. The second-order valence-corrected chi connectivity index (χ2v) is 21.1. The van der Waals surface area contributed by atoms with Gasteiger partial charge >= 0.3 is 0 Å². The third kappa shape index (κ3) is 17.5. The van der Waals surface area contributed by atoms with Gasteiger partial charge in [-0.1, -0.05) is 122 Å². The molecule has 89 heavy (non-hydrogen) atoms. The summed E-state index contributed by atoms with van der Waals surface area (Å²) in [6.07, 6.45) is 4.68. The predicted molar refractivity (Wildman–Crippen MR) is 358 cm³/mol. The topological polar surface area (TPSA) is 184 Å². The quantitative estimate of drug-likeness (QED) is 0.0372. The zero-order valence-corrected chi connectivity index (χ0v) is 51.1. The highest BCUT2D eigenvalue weighted by Gasteiger charge is 2.18. The molecule has 0 aliphatic carbocycles. The van der Waals surface area contributed by atoms with E-state index in [4.69, 9.17) is 43.6 Å². The Balaban J connectivity index is 0.000000183. The molecule has 0 saturated heterocycles. The van der Waals surface area contributed by atoms with Crippen molar-refractivity contribution in [2.24, 2.45) is 0 Å². The lowest BCUT2D eigenvalue weighted by Crippen LogP contribution is -2.01. The number of hydrogen-bond acceptors (Lipinski definition) is 14. The molecule has 3 N–H and O–H groups in total. The average Bonchev–Trinajstić information content (AvgIpc) is 3.60. The van der Waals surface area contributed by atoms with Crippen LogP contribution in [0, 0.1) is 0 Å². The number of alkyl halides is 1. The fraction of sp³-hybridized carbons (Fsp3) is 0.108. The van der Waals surface area contributed by atoms with Crippen molar-refractivity contribution in [3.63, 3.8) is 0 Å². The summed E-state index contributed by atoms with van der Waals surface area (Å²) in [5.74, 6) is 8.53. The van der Waals surface area contributed by atoms with Crippen LogP contribution in [0.5, 0.6) is 69.0 Å². The minimum absolute atomic E-state index is 0.0281. The molecule has 0 spiro atoms. The second kappa shape index (κ2) is 31.1. The van der Waals surface area contributed by atoms with Crippen LogP contribution in [0.3, 0.4) is 0 Å². The van der Waals surface area contributed by atoms with Gasteiger partial charge in [-0.3, -0.25) is 0 Å². The number of aromatic hydroxyl groups is 3. The van der Waals surface area contributed by atoms with Crippen molar-refractivity contribution in [2.45, 2.75) is 39.5 Å². The molecule has 0 bridgehead atoms. The van der Waals surface area contributed by atoms with Gasteiger partial charge in [0.2, 0.25) is 0 Å². The smallest absolute Gasteiger partial charge is 0.167 e. The molecule has 0 unspecified atom stereocenters. The lowest BCUT2D eigenvalue weighted by Gasteiger charge is -2.12. The van der Waals surface area contributed by atoms with Crippen LogP contribution < -0.4 is 23.7 Å². The first-order chi connectivity index (χ1) is 43.7. The number of benzene rings is 10. The molecule has 0 aliphatic heterocycles. The van der Waals surface area contributed by atoms with E-state index in [1.807, 2.05) is 224 Å². The van der Waals surface area contributed by atoms with E-state index in [0.717, 1.165) is 58.1 Å². The van der Waals surface area contributed by atoms with Crippen molar-refractivity contribution in [2.75, 3.05) is 11.0 Å². The molecule has 0 aliphatic rings. The number of nitrogens with zero attached hydrogens (tertiary/aromatic N) is 6. The van der Waals surface area contributed by atoms with Crippen LogP contribution in [0.2, 0.25) is 0 Å². The van der Waals surface area contributed by atoms with Crippen LogP contribution in [-0.2, 0) is 0 Å². The van der Waals surface area contributed by atoms with Gasteiger partial charge in [-0.25, -0.2) is 29.9 Å². The maximum atomic E-state index is 11.0. The Bertz CT molecular complexity index is 3950. The molecular weight excluding hydrogens is 1230 g/mol. The predicted octanol–water partition coefficient (Wildman–Crippen LogP) is 19.4. The maximum Gasteiger partial charge on any atom is 0.167 e. The Kier molecular flexibility index (Phi) is 21.5. The first-order valence-corrected chi connectivity index (χ1v) is 30.6. The number of rotatable bonds is 20. The van der Waals surface area contributed by atoms with E-state index in [9.17, 15) is 15.3 Å². The second-order valence-electron chi connectivity index (χ2n) is 20.0. The third-order valence-corrected chi connectivity index (χ3v) is 14.1. The average molecular weight is 1290 g/mol. The van der Waals surface area contributed by atoms with Gasteiger partial charge in [0.25, 0.3) is 0 Å². The van der Waals surface area contributed by atoms with Crippen molar-refractivity contribution in [3.8, 4) is 137 Å². The number of ether oxygens (including phenoxy) is 5. The van der Waals surface area contributed by atoms with Crippen LogP contribution in [0.25, 0.3) is 68.3 Å². The number of phenols is 3. The Morgan fingerprint density at radius 1 is 0.303 bits per heavy atom. The Morgan fingerprint density at radius 2 is 0.584 bits per heavy atom. The minimum Gasteiger partial charge on any atom is -0.508 e. The first-order valence-electron chi connectivity index (χ1n) is 29.1. The van der Waals surface area contributed by atoms with Gasteiger partial charge in [0.1, 0.15) is 69.0 Å². The van der Waals surface area contributed by atoms with Crippen molar-refractivity contribution in [1.29, 1.82) is 0 Å². The highest BCUT2D eigenvalue weighted by atomic mass is 127. The van der Waals surface area contributed by atoms with Crippen molar-refractivity contribution in [3.05, 3.63) is 255 Å². The van der Waals surface area contributed by atoms with Gasteiger partial charge in [-0.05, 0) is 187 Å². The number of halogens is 1. The number of para-hydroxylation sites is 4. The monoisotopic (exact) mass is 1290 g/mol. The summed E-state index contributed by atoms with van der Waals surface area (Å²) in [5, 5.41) is 31.3.